The van der Waals surface area contributed by atoms with Crippen LogP contribution >= 0.6 is 11.8 Å². The molecule has 6 nitrogen and oxygen atoms in total. The molecule has 1 aliphatic rings. The molecule has 0 saturated carbocycles. The van der Waals surface area contributed by atoms with E-state index in [1.54, 1.807) is 0 Å². The second kappa shape index (κ2) is 7.10. The third-order valence-electron chi connectivity index (χ3n) is 3.60. The first kappa shape index (κ1) is 15.9. The van der Waals surface area contributed by atoms with Crippen LogP contribution in [-0.4, -0.2) is 52.6 Å². The Bertz CT molecular complexity index is 683. The van der Waals surface area contributed by atoms with Crippen molar-refractivity contribution in [3.63, 3.8) is 0 Å². The first-order valence-corrected chi connectivity index (χ1v) is 8.27. The van der Waals surface area contributed by atoms with Gasteiger partial charge < -0.3 is 9.64 Å². The van der Waals surface area contributed by atoms with Crippen molar-refractivity contribution >= 4 is 23.5 Å². The molecule has 1 aromatic carbocycles. The molecule has 122 valence electrons. The molecule has 1 aliphatic heterocycles. The molecule has 0 amide bonds. The molecule has 0 spiro atoms. The van der Waals surface area contributed by atoms with Gasteiger partial charge in [0.2, 0.25) is 5.95 Å². The van der Waals surface area contributed by atoms with Gasteiger partial charge in [0, 0.05) is 25.7 Å². The summed E-state index contributed by atoms with van der Waals surface area (Å²) in [7, 11) is 1.88. The van der Waals surface area contributed by atoms with Crippen LogP contribution in [-0.2, 0) is 11.8 Å². The van der Waals surface area contributed by atoms with E-state index in [1.165, 1.54) is 36.0 Å². The summed E-state index contributed by atoms with van der Waals surface area (Å²) in [4.78, 5) is 14.2. The van der Waals surface area contributed by atoms with Crippen LogP contribution in [0.5, 0.6) is 0 Å². The van der Waals surface area contributed by atoms with Crippen LogP contribution in [0.2, 0.25) is 0 Å². The quantitative estimate of drug-likeness (QED) is 0.613. The number of thioether (sulfide) groups is 1. The first-order valence-electron chi connectivity index (χ1n) is 7.29. The molecule has 23 heavy (non-hydrogen) atoms. The van der Waals surface area contributed by atoms with Gasteiger partial charge in [0.05, 0.1) is 19.0 Å². The average Bonchev–Trinajstić information content (AvgIpc) is 2.95. The van der Waals surface area contributed by atoms with Gasteiger partial charge in [-0.25, -0.2) is 4.39 Å². The van der Waals surface area contributed by atoms with Gasteiger partial charge >= 0.3 is 0 Å². The summed E-state index contributed by atoms with van der Waals surface area (Å²) in [5.41, 5.74) is 0.495. The largest absolute Gasteiger partial charge is 0.378 e. The van der Waals surface area contributed by atoms with E-state index < -0.39 is 0 Å². The van der Waals surface area contributed by atoms with Crippen LogP contribution in [0.15, 0.2) is 29.4 Å². The molecule has 3 rings (SSSR count). The highest BCUT2D eigenvalue weighted by atomic mass is 32.2. The van der Waals surface area contributed by atoms with Crippen molar-refractivity contribution in [2.45, 2.75) is 5.16 Å². The molecule has 1 fully saturated rings. The zero-order chi connectivity index (χ0) is 16.2. The molecule has 2 heterocycles. The predicted molar refractivity (Wildman–Crippen MR) is 85.5 cm³/mol. The SMILES string of the molecule is Cn1c(SCC(=O)c2ccc(F)cc2)nnc1N1CCOCC1. The molecule has 0 radical (unpaired) electrons. The van der Waals surface area contributed by atoms with Gasteiger partial charge in [-0.2, -0.15) is 0 Å². The fraction of sp³-hybridized carbons (Fsp3) is 0.400. The van der Waals surface area contributed by atoms with E-state index in [1.807, 2.05) is 11.6 Å². The number of nitrogens with zero attached hydrogens (tertiary/aromatic N) is 4. The van der Waals surface area contributed by atoms with Crippen molar-refractivity contribution in [3.05, 3.63) is 35.6 Å². The van der Waals surface area contributed by atoms with Crippen molar-refractivity contribution in [2.24, 2.45) is 7.05 Å². The van der Waals surface area contributed by atoms with Crippen LogP contribution in [0, 0.1) is 5.82 Å². The maximum atomic E-state index is 12.9. The molecule has 0 aliphatic carbocycles. The molecular weight excluding hydrogens is 319 g/mol. The Labute approximate surface area is 137 Å². The second-order valence-corrected chi connectivity index (χ2v) is 6.10. The Morgan fingerprint density at radius 1 is 1.26 bits per heavy atom. The Morgan fingerprint density at radius 2 is 1.96 bits per heavy atom. The van der Waals surface area contributed by atoms with Crippen molar-refractivity contribution < 1.29 is 13.9 Å². The lowest BCUT2D eigenvalue weighted by atomic mass is 10.1. The lowest BCUT2D eigenvalue weighted by Crippen LogP contribution is -2.37. The van der Waals surface area contributed by atoms with Crippen LogP contribution in [0.25, 0.3) is 0 Å². The Hall–Kier alpha value is -1.93. The maximum absolute atomic E-state index is 12.9. The third-order valence-corrected chi connectivity index (χ3v) is 4.62. The fourth-order valence-corrected chi connectivity index (χ4v) is 3.12. The Kier molecular flexibility index (Phi) is 4.92. The fourth-order valence-electron chi connectivity index (χ4n) is 2.32. The minimum atomic E-state index is -0.349. The van der Waals surface area contributed by atoms with Crippen molar-refractivity contribution in [1.29, 1.82) is 0 Å². The van der Waals surface area contributed by atoms with E-state index in [0.29, 0.717) is 23.9 Å². The molecular formula is C15H17FN4O2S. The van der Waals surface area contributed by atoms with Gasteiger partial charge in [-0.3, -0.25) is 9.36 Å². The standard InChI is InChI=1S/C15H17FN4O2S/c1-19-14(20-6-8-22-9-7-20)17-18-15(19)23-10-13(21)11-2-4-12(16)5-3-11/h2-5H,6-10H2,1H3. The second-order valence-electron chi connectivity index (χ2n) is 5.16. The molecule has 0 unspecified atom stereocenters. The van der Waals surface area contributed by atoms with Crippen molar-refractivity contribution in [2.75, 3.05) is 37.0 Å². The van der Waals surface area contributed by atoms with Gasteiger partial charge in [0.25, 0.3) is 0 Å². The monoisotopic (exact) mass is 336 g/mol. The summed E-state index contributed by atoms with van der Waals surface area (Å²) in [5, 5.41) is 9.04. The highest BCUT2D eigenvalue weighted by Gasteiger charge is 2.19. The summed E-state index contributed by atoms with van der Waals surface area (Å²) in [6.07, 6.45) is 0. The van der Waals surface area contributed by atoms with Crippen LogP contribution in [0.1, 0.15) is 10.4 Å². The number of hydrogen-bond donors (Lipinski definition) is 0. The summed E-state index contributed by atoms with van der Waals surface area (Å²) in [6.45, 7) is 2.92. The number of hydrogen-bond acceptors (Lipinski definition) is 6. The summed E-state index contributed by atoms with van der Waals surface area (Å²) in [5.74, 6) is 0.606. The molecule has 1 saturated heterocycles. The van der Waals surface area contributed by atoms with E-state index in [4.69, 9.17) is 4.74 Å². The van der Waals surface area contributed by atoms with E-state index in [-0.39, 0.29) is 17.4 Å². The van der Waals surface area contributed by atoms with E-state index in [2.05, 4.69) is 15.1 Å². The number of rotatable bonds is 5. The number of ether oxygens (including phenoxy) is 1. The van der Waals surface area contributed by atoms with Crippen molar-refractivity contribution in [3.8, 4) is 0 Å². The van der Waals surface area contributed by atoms with Gasteiger partial charge in [0.1, 0.15) is 5.82 Å². The number of Topliss-reactive ketones (excluding diaryl/α,β-unsaturated/α-hetero) is 1. The van der Waals surface area contributed by atoms with Crippen molar-refractivity contribution in [1.82, 2.24) is 14.8 Å². The Balaban J connectivity index is 1.63. The van der Waals surface area contributed by atoms with E-state index >= 15 is 0 Å². The average molecular weight is 336 g/mol. The smallest absolute Gasteiger partial charge is 0.227 e. The van der Waals surface area contributed by atoms with E-state index in [9.17, 15) is 9.18 Å². The minimum Gasteiger partial charge on any atom is -0.378 e. The van der Waals surface area contributed by atoms with Crippen LogP contribution in [0.3, 0.4) is 0 Å². The number of ketones is 1. The van der Waals surface area contributed by atoms with Gasteiger partial charge in [-0.1, -0.05) is 11.8 Å². The molecule has 2 aromatic rings. The first-order chi connectivity index (χ1) is 11.1. The number of carbonyl (C=O) groups excluding carboxylic acids is 1. The van der Waals surface area contributed by atoms with Crippen LogP contribution in [0.4, 0.5) is 10.3 Å². The minimum absolute atomic E-state index is 0.0640. The molecule has 8 heteroatoms. The Morgan fingerprint density at radius 3 is 2.65 bits per heavy atom. The molecule has 0 bridgehead atoms. The van der Waals surface area contributed by atoms with Gasteiger partial charge in [0.15, 0.2) is 10.9 Å². The highest BCUT2D eigenvalue weighted by molar-refractivity contribution is 7.99. The molecule has 0 atom stereocenters. The number of aromatic nitrogens is 3. The summed E-state index contributed by atoms with van der Waals surface area (Å²) in [6, 6.07) is 5.57. The molecule has 1 aromatic heterocycles. The molecule has 0 N–H and O–H groups in total. The maximum Gasteiger partial charge on any atom is 0.227 e. The predicted octanol–water partition coefficient (Wildman–Crippen LogP) is 1.77. The lowest BCUT2D eigenvalue weighted by Gasteiger charge is -2.27. The topological polar surface area (TPSA) is 60.2 Å². The number of carbonyl (C=O) groups is 1. The number of anilines is 1. The lowest BCUT2D eigenvalue weighted by molar-refractivity contribution is 0.102. The normalized spacial score (nSPS) is 15.0. The number of benzene rings is 1. The summed E-state index contributed by atoms with van der Waals surface area (Å²) >= 11 is 1.33. The third kappa shape index (κ3) is 3.70. The van der Waals surface area contributed by atoms with Crippen LogP contribution < -0.4 is 4.90 Å². The number of morpholine rings is 1. The van der Waals surface area contributed by atoms with Gasteiger partial charge in [-0.15, -0.1) is 10.2 Å². The summed E-state index contributed by atoms with van der Waals surface area (Å²) < 4.78 is 20.1. The van der Waals surface area contributed by atoms with E-state index in [0.717, 1.165) is 19.0 Å². The van der Waals surface area contributed by atoms with Gasteiger partial charge in [-0.05, 0) is 24.3 Å². The highest BCUT2D eigenvalue weighted by Crippen LogP contribution is 2.22. The number of halogens is 1. The zero-order valence-corrected chi connectivity index (χ0v) is 13.6. The zero-order valence-electron chi connectivity index (χ0n) is 12.7.